The first-order valence-electron chi connectivity index (χ1n) is 12.0. The highest BCUT2D eigenvalue weighted by Gasteiger charge is 2.33. The summed E-state index contributed by atoms with van der Waals surface area (Å²) >= 11 is 0. The topological polar surface area (TPSA) is 90.0 Å². The average molecular weight is 508 g/mol. The monoisotopic (exact) mass is 507 g/mol. The lowest BCUT2D eigenvalue weighted by atomic mass is 10.0. The summed E-state index contributed by atoms with van der Waals surface area (Å²) in [7, 11) is 0. The number of pyridine rings is 1. The van der Waals surface area contributed by atoms with E-state index in [0.29, 0.717) is 17.7 Å². The number of hydrogen-bond acceptors (Lipinski definition) is 6. The van der Waals surface area contributed by atoms with Crippen LogP contribution in [0.15, 0.2) is 60.7 Å². The van der Waals surface area contributed by atoms with Gasteiger partial charge < -0.3 is 14.2 Å². The van der Waals surface area contributed by atoms with E-state index in [9.17, 15) is 14.0 Å². The molecular formula is C28H30FN3O5. The first-order valence-corrected chi connectivity index (χ1v) is 12.0. The smallest absolute Gasteiger partial charge is 0.415 e. The number of hydrogen-bond donors (Lipinski definition) is 1. The van der Waals surface area contributed by atoms with Crippen molar-refractivity contribution in [2.75, 3.05) is 16.8 Å². The number of nitrogens with zero attached hydrogens (tertiary/aromatic N) is 2. The van der Waals surface area contributed by atoms with Gasteiger partial charge in [-0.1, -0.05) is 42.5 Å². The predicted molar refractivity (Wildman–Crippen MR) is 137 cm³/mol. The summed E-state index contributed by atoms with van der Waals surface area (Å²) in [6.07, 6.45) is -0.903. The number of ether oxygens (including phenoxy) is 3. The highest BCUT2D eigenvalue weighted by Crippen LogP contribution is 2.37. The van der Waals surface area contributed by atoms with Gasteiger partial charge >= 0.3 is 12.2 Å². The summed E-state index contributed by atoms with van der Waals surface area (Å²) in [5.41, 5.74) is 1.96. The molecule has 0 radical (unpaired) electrons. The second-order valence-corrected chi connectivity index (χ2v) is 9.82. The zero-order chi connectivity index (χ0) is 26.6. The molecule has 1 aliphatic heterocycles. The molecule has 194 valence electrons. The molecule has 2 heterocycles. The Kier molecular flexibility index (Phi) is 7.61. The number of carbonyl (C=O) groups excluding carboxylic acids is 2. The molecule has 0 aliphatic carbocycles. The van der Waals surface area contributed by atoms with E-state index in [1.165, 1.54) is 17.0 Å². The van der Waals surface area contributed by atoms with Gasteiger partial charge in [-0.2, -0.15) is 4.98 Å². The quantitative estimate of drug-likeness (QED) is 0.450. The first kappa shape index (κ1) is 25.9. The van der Waals surface area contributed by atoms with Crippen LogP contribution >= 0.6 is 0 Å². The number of benzene rings is 2. The number of rotatable bonds is 5. The lowest BCUT2D eigenvalue weighted by Crippen LogP contribution is -2.45. The second kappa shape index (κ2) is 10.9. The fourth-order valence-electron chi connectivity index (χ4n) is 3.85. The summed E-state index contributed by atoms with van der Waals surface area (Å²) in [6.45, 7) is 7.44. The molecule has 0 saturated heterocycles. The third-order valence-corrected chi connectivity index (χ3v) is 5.54. The van der Waals surface area contributed by atoms with Gasteiger partial charge in [0.2, 0.25) is 5.88 Å². The van der Waals surface area contributed by atoms with Crippen molar-refractivity contribution < 1.29 is 28.2 Å². The molecule has 9 heteroatoms. The van der Waals surface area contributed by atoms with Crippen LogP contribution in [0.1, 0.15) is 44.4 Å². The van der Waals surface area contributed by atoms with Gasteiger partial charge in [-0.25, -0.2) is 14.0 Å². The number of aromatic nitrogens is 1. The van der Waals surface area contributed by atoms with Gasteiger partial charge in [0.15, 0.2) is 0 Å². The van der Waals surface area contributed by atoms with Crippen LogP contribution in [0.25, 0.3) is 0 Å². The molecular weight excluding hydrogens is 477 g/mol. The Morgan fingerprint density at radius 1 is 1.11 bits per heavy atom. The number of anilines is 2. The highest BCUT2D eigenvalue weighted by atomic mass is 19.1. The Morgan fingerprint density at radius 3 is 2.49 bits per heavy atom. The second-order valence-electron chi connectivity index (χ2n) is 9.82. The number of carbonyl (C=O) groups is 2. The van der Waals surface area contributed by atoms with Gasteiger partial charge in [0, 0.05) is 12.0 Å². The Bertz CT molecular complexity index is 1260. The van der Waals surface area contributed by atoms with E-state index in [1.807, 2.05) is 37.3 Å². The van der Waals surface area contributed by atoms with Crippen molar-refractivity contribution in [1.29, 1.82) is 0 Å². The molecule has 1 aliphatic rings. The van der Waals surface area contributed by atoms with Crippen LogP contribution in [0.3, 0.4) is 0 Å². The van der Waals surface area contributed by atoms with Crippen molar-refractivity contribution in [2.24, 2.45) is 0 Å². The van der Waals surface area contributed by atoms with E-state index in [-0.39, 0.29) is 36.8 Å². The molecule has 37 heavy (non-hydrogen) atoms. The van der Waals surface area contributed by atoms with Crippen molar-refractivity contribution in [3.05, 3.63) is 83.2 Å². The van der Waals surface area contributed by atoms with E-state index in [1.54, 1.807) is 39.0 Å². The standard InChI is InChI=1S/C28H30FN3O5/c1-18-16-35-25-23(32(18)27(34)36-17-20-8-6-5-7-9-20)15-21(14-19-10-12-22(29)13-11-19)24(30-25)31-26(33)37-28(2,3)4/h5-13,15,18H,14,16-17H2,1-4H3,(H,30,31,33). The van der Waals surface area contributed by atoms with Crippen LogP contribution in [-0.4, -0.2) is 35.4 Å². The lowest BCUT2D eigenvalue weighted by molar-refractivity contribution is 0.0635. The Hall–Kier alpha value is -4.14. The minimum Gasteiger partial charge on any atom is -0.474 e. The Morgan fingerprint density at radius 2 is 1.81 bits per heavy atom. The molecule has 0 spiro atoms. The normalized spacial score (nSPS) is 14.8. The van der Waals surface area contributed by atoms with Crippen molar-refractivity contribution in [2.45, 2.75) is 52.4 Å². The minimum absolute atomic E-state index is 0.118. The minimum atomic E-state index is -0.708. The molecule has 4 rings (SSSR count). The van der Waals surface area contributed by atoms with Crippen molar-refractivity contribution in [3.63, 3.8) is 0 Å². The van der Waals surface area contributed by atoms with Crippen molar-refractivity contribution in [1.82, 2.24) is 4.98 Å². The molecule has 1 aromatic heterocycles. The zero-order valence-electron chi connectivity index (χ0n) is 21.3. The van der Waals surface area contributed by atoms with Crippen LogP contribution in [0.5, 0.6) is 5.88 Å². The molecule has 1 atom stereocenters. The SMILES string of the molecule is CC1COc2nc(NC(=O)OC(C)(C)C)c(Cc3ccc(F)cc3)cc2N1C(=O)OCc1ccccc1. The van der Waals surface area contributed by atoms with E-state index in [4.69, 9.17) is 14.2 Å². The van der Waals surface area contributed by atoms with Crippen LogP contribution < -0.4 is 15.0 Å². The first-order chi connectivity index (χ1) is 17.6. The van der Waals surface area contributed by atoms with Gasteiger partial charge in [-0.05, 0) is 57.0 Å². The fraction of sp³-hybridized carbons (Fsp3) is 0.321. The summed E-state index contributed by atoms with van der Waals surface area (Å²) in [4.78, 5) is 31.7. The fourth-order valence-corrected chi connectivity index (χ4v) is 3.85. The van der Waals surface area contributed by atoms with E-state index in [2.05, 4.69) is 10.3 Å². The average Bonchev–Trinajstić information content (AvgIpc) is 2.84. The Balaban J connectivity index is 1.66. The number of nitrogens with one attached hydrogen (secondary N) is 1. The third kappa shape index (κ3) is 6.75. The highest BCUT2D eigenvalue weighted by molar-refractivity contribution is 5.92. The van der Waals surface area contributed by atoms with Crippen LogP contribution in [0.2, 0.25) is 0 Å². The molecule has 0 bridgehead atoms. The van der Waals surface area contributed by atoms with Gasteiger partial charge in [0.25, 0.3) is 0 Å². The maximum atomic E-state index is 13.5. The van der Waals surface area contributed by atoms with Gasteiger partial charge in [0.05, 0.1) is 6.04 Å². The summed E-state index contributed by atoms with van der Waals surface area (Å²) in [5, 5.41) is 2.69. The van der Waals surface area contributed by atoms with Crippen LogP contribution in [0.4, 0.5) is 25.5 Å². The molecule has 2 aromatic carbocycles. The third-order valence-electron chi connectivity index (χ3n) is 5.54. The molecule has 1 unspecified atom stereocenters. The maximum Gasteiger partial charge on any atom is 0.415 e. The molecule has 1 N–H and O–H groups in total. The Labute approximate surface area is 215 Å². The molecule has 2 amide bonds. The number of fused-ring (bicyclic) bond motifs is 1. The van der Waals surface area contributed by atoms with Gasteiger partial charge in [0.1, 0.15) is 36.1 Å². The van der Waals surface area contributed by atoms with Crippen LogP contribution in [0, 0.1) is 5.82 Å². The molecule has 0 saturated carbocycles. The summed E-state index contributed by atoms with van der Waals surface area (Å²) in [6, 6.07) is 16.8. The number of halogens is 1. The lowest BCUT2D eigenvalue weighted by Gasteiger charge is -2.34. The molecule has 0 fully saturated rings. The summed E-state index contributed by atoms with van der Waals surface area (Å²) < 4.78 is 30.3. The number of amides is 2. The maximum absolute atomic E-state index is 13.5. The predicted octanol–water partition coefficient (Wildman–Crippen LogP) is 6.08. The van der Waals surface area contributed by atoms with Crippen molar-refractivity contribution >= 4 is 23.7 Å². The van der Waals surface area contributed by atoms with E-state index >= 15 is 0 Å². The molecule has 3 aromatic rings. The molecule has 8 nitrogen and oxygen atoms in total. The summed E-state index contributed by atoms with van der Waals surface area (Å²) in [5.74, 6) is 0.0575. The van der Waals surface area contributed by atoms with Gasteiger partial charge in [-0.3, -0.25) is 10.2 Å². The largest absolute Gasteiger partial charge is 0.474 e. The zero-order valence-corrected chi connectivity index (χ0v) is 21.3. The van der Waals surface area contributed by atoms with E-state index < -0.39 is 17.8 Å². The van der Waals surface area contributed by atoms with Crippen LogP contribution in [-0.2, 0) is 22.5 Å². The van der Waals surface area contributed by atoms with Gasteiger partial charge in [-0.15, -0.1) is 0 Å². The van der Waals surface area contributed by atoms with Crippen molar-refractivity contribution in [3.8, 4) is 5.88 Å². The van der Waals surface area contributed by atoms with E-state index in [0.717, 1.165) is 11.1 Å².